The van der Waals surface area contributed by atoms with E-state index in [0.29, 0.717) is 5.56 Å². The molecule has 0 bridgehead atoms. The number of carbonyl (C=O) groups excluding carboxylic acids is 1. The average Bonchev–Trinajstić information content (AvgIpc) is 3.29. The number of carboxylic acid groups (broad SMARTS) is 1. The van der Waals surface area contributed by atoms with Crippen molar-refractivity contribution in [2.24, 2.45) is 0 Å². The molecule has 174 valence electrons. The van der Waals surface area contributed by atoms with Crippen molar-refractivity contribution in [1.82, 2.24) is 5.32 Å². The fraction of sp³-hybridized carbons (Fsp3) is 0.200. The zero-order valence-corrected chi connectivity index (χ0v) is 17.7. The van der Waals surface area contributed by atoms with Crippen LogP contribution in [-0.2, 0) is 16.0 Å². The van der Waals surface area contributed by atoms with Crippen molar-refractivity contribution in [2.45, 2.75) is 24.7 Å². The monoisotopic (exact) mass is 467 g/mol. The first-order valence-corrected chi connectivity index (χ1v) is 10.5. The zero-order valence-electron chi connectivity index (χ0n) is 17.7. The topological polar surface area (TPSA) is 94.1 Å². The van der Waals surface area contributed by atoms with Gasteiger partial charge in [-0.15, -0.1) is 8.78 Å². The molecular weight excluding hydrogens is 448 g/mol. The predicted octanol–water partition coefficient (Wildman–Crippen LogP) is 4.54. The molecule has 1 heterocycles. The van der Waals surface area contributed by atoms with Crippen molar-refractivity contribution >= 4 is 12.1 Å². The smallest absolute Gasteiger partial charge is 0.480 e. The number of hydrogen-bond acceptors (Lipinski definition) is 5. The molecule has 2 aliphatic rings. The number of rotatable bonds is 6. The lowest BCUT2D eigenvalue weighted by molar-refractivity contribution is -0.286. The Morgan fingerprint density at radius 1 is 0.971 bits per heavy atom. The Bertz CT molecular complexity index is 1230. The molecule has 0 radical (unpaired) electrons. The Kier molecular flexibility index (Phi) is 5.31. The molecule has 7 nitrogen and oxygen atoms in total. The number of carboxylic acids is 1. The van der Waals surface area contributed by atoms with Crippen LogP contribution < -0.4 is 14.8 Å². The van der Waals surface area contributed by atoms with E-state index in [1.807, 2.05) is 48.5 Å². The molecule has 1 aliphatic heterocycles. The number of aliphatic carboxylic acids is 1. The van der Waals surface area contributed by atoms with Crippen molar-refractivity contribution in [3.63, 3.8) is 0 Å². The van der Waals surface area contributed by atoms with E-state index in [0.717, 1.165) is 22.3 Å². The summed E-state index contributed by atoms with van der Waals surface area (Å²) in [6.45, 7) is 0.0330. The summed E-state index contributed by atoms with van der Waals surface area (Å²) in [5.41, 5.74) is 4.58. The second-order valence-electron chi connectivity index (χ2n) is 8.01. The molecular formula is C25H19F2NO6. The fourth-order valence-electron chi connectivity index (χ4n) is 4.34. The summed E-state index contributed by atoms with van der Waals surface area (Å²) in [7, 11) is 0. The van der Waals surface area contributed by atoms with Gasteiger partial charge in [0.1, 0.15) is 12.6 Å². The fourth-order valence-corrected chi connectivity index (χ4v) is 4.34. The van der Waals surface area contributed by atoms with Gasteiger partial charge in [-0.05, 0) is 39.9 Å². The van der Waals surface area contributed by atoms with Gasteiger partial charge in [-0.25, -0.2) is 9.59 Å². The Morgan fingerprint density at radius 3 is 2.24 bits per heavy atom. The van der Waals surface area contributed by atoms with E-state index < -0.39 is 24.4 Å². The first-order valence-electron chi connectivity index (χ1n) is 10.5. The SMILES string of the molecule is O=C(NC(Cc1ccc2c(c1)OC(F)(F)O2)C(=O)O)OCC1c2ccccc2-c2ccccc21. The molecule has 9 heteroatoms. The quantitative estimate of drug-likeness (QED) is 0.553. The normalized spacial score (nSPS) is 15.8. The van der Waals surface area contributed by atoms with Gasteiger partial charge in [-0.2, -0.15) is 0 Å². The van der Waals surface area contributed by atoms with Gasteiger partial charge in [-0.1, -0.05) is 54.6 Å². The third-order valence-electron chi connectivity index (χ3n) is 5.84. The lowest BCUT2D eigenvalue weighted by atomic mass is 9.98. The summed E-state index contributed by atoms with van der Waals surface area (Å²) >= 11 is 0. The number of nitrogens with one attached hydrogen (secondary N) is 1. The number of amides is 1. The third kappa shape index (κ3) is 4.12. The molecule has 5 rings (SSSR count). The Labute approximate surface area is 192 Å². The molecule has 0 aromatic heterocycles. The highest BCUT2D eigenvalue weighted by molar-refractivity contribution is 5.81. The van der Waals surface area contributed by atoms with Gasteiger partial charge in [0.2, 0.25) is 0 Å². The molecule has 0 saturated carbocycles. The maximum Gasteiger partial charge on any atom is 0.586 e. The van der Waals surface area contributed by atoms with Crippen LogP contribution in [0.15, 0.2) is 66.7 Å². The maximum atomic E-state index is 13.2. The minimum Gasteiger partial charge on any atom is -0.480 e. The summed E-state index contributed by atoms with van der Waals surface area (Å²) in [5, 5.41) is 11.9. The molecule has 0 spiro atoms. The zero-order chi connectivity index (χ0) is 23.9. The van der Waals surface area contributed by atoms with Crippen molar-refractivity contribution in [3.8, 4) is 22.6 Å². The molecule has 3 aromatic rings. The molecule has 34 heavy (non-hydrogen) atoms. The maximum absolute atomic E-state index is 13.2. The van der Waals surface area contributed by atoms with Crippen molar-refractivity contribution in [2.75, 3.05) is 6.61 Å². The van der Waals surface area contributed by atoms with Crippen LogP contribution in [0.2, 0.25) is 0 Å². The molecule has 1 atom stereocenters. The number of alkyl halides is 2. The van der Waals surface area contributed by atoms with E-state index in [1.54, 1.807) is 0 Å². The van der Waals surface area contributed by atoms with Crippen molar-refractivity contribution in [3.05, 3.63) is 83.4 Å². The number of benzene rings is 3. The van der Waals surface area contributed by atoms with Gasteiger partial charge in [0.15, 0.2) is 11.5 Å². The summed E-state index contributed by atoms with van der Waals surface area (Å²) in [5.74, 6) is -1.81. The summed E-state index contributed by atoms with van der Waals surface area (Å²) in [4.78, 5) is 24.2. The number of alkyl carbamates (subject to hydrolysis) is 1. The number of halogens is 2. The van der Waals surface area contributed by atoms with Crippen LogP contribution >= 0.6 is 0 Å². The van der Waals surface area contributed by atoms with E-state index in [1.165, 1.54) is 18.2 Å². The van der Waals surface area contributed by atoms with Crippen LogP contribution in [0.1, 0.15) is 22.6 Å². The second kappa shape index (κ2) is 8.33. The van der Waals surface area contributed by atoms with Gasteiger partial charge in [0.25, 0.3) is 0 Å². The molecule has 1 amide bonds. The van der Waals surface area contributed by atoms with Crippen LogP contribution in [0.25, 0.3) is 11.1 Å². The minimum atomic E-state index is -3.77. The van der Waals surface area contributed by atoms with E-state index in [2.05, 4.69) is 14.8 Å². The Hall–Kier alpha value is -4.14. The lowest BCUT2D eigenvalue weighted by Crippen LogP contribution is -2.42. The molecule has 1 aliphatic carbocycles. The van der Waals surface area contributed by atoms with Gasteiger partial charge >= 0.3 is 18.4 Å². The van der Waals surface area contributed by atoms with Crippen LogP contribution in [0.3, 0.4) is 0 Å². The molecule has 0 saturated heterocycles. The average molecular weight is 467 g/mol. The number of ether oxygens (including phenoxy) is 3. The van der Waals surface area contributed by atoms with E-state index in [4.69, 9.17) is 4.74 Å². The molecule has 3 aromatic carbocycles. The highest BCUT2D eigenvalue weighted by atomic mass is 19.3. The van der Waals surface area contributed by atoms with Crippen LogP contribution in [0.5, 0.6) is 11.5 Å². The van der Waals surface area contributed by atoms with Crippen molar-refractivity contribution < 1.29 is 37.7 Å². The lowest BCUT2D eigenvalue weighted by Gasteiger charge is -2.17. The first kappa shape index (κ1) is 21.7. The van der Waals surface area contributed by atoms with Gasteiger partial charge < -0.3 is 24.6 Å². The molecule has 0 fully saturated rings. The van der Waals surface area contributed by atoms with Crippen LogP contribution in [-0.4, -0.2) is 36.1 Å². The van der Waals surface area contributed by atoms with Gasteiger partial charge in [0.05, 0.1) is 0 Å². The van der Waals surface area contributed by atoms with E-state index in [9.17, 15) is 23.5 Å². The summed E-state index contributed by atoms with van der Waals surface area (Å²) < 4.78 is 40.6. The second-order valence-corrected chi connectivity index (χ2v) is 8.01. The highest BCUT2D eigenvalue weighted by Crippen LogP contribution is 2.44. The standard InChI is InChI=1S/C25H19F2NO6/c26-25(27)33-21-10-9-14(12-22(21)34-25)11-20(23(29)30)28-24(31)32-13-19-17-7-3-1-5-15(17)16-6-2-4-8-18(16)19/h1-10,12,19-20H,11,13H2,(H,28,31)(H,29,30). The summed E-state index contributed by atoms with van der Waals surface area (Å²) in [6.07, 6.45) is -4.82. The van der Waals surface area contributed by atoms with Crippen LogP contribution in [0.4, 0.5) is 13.6 Å². The number of carbonyl (C=O) groups is 2. The van der Waals surface area contributed by atoms with E-state index >= 15 is 0 Å². The number of fused-ring (bicyclic) bond motifs is 4. The predicted molar refractivity (Wildman–Crippen MR) is 116 cm³/mol. The minimum absolute atomic E-state index is 0.0330. The van der Waals surface area contributed by atoms with Gasteiger partial charge in [0, 0.05) is 12.3 Å². The van der Waals surface area contributed by atoms with Crippen LogP contribution in [0, 0.1) is 0 Å². The van der Waals surface area contributed by atoms with Gasteiger partial charge in [-0.3, -0.25) is 0 Å². The third-order valence-corrected chi connectivity index (χ3v) is 5.84. The van der Waals surface area contributed by atoms with E-state index in [-0.39, 0.29) is 30.4 Å². The Balaban J connectivity index is 1.25. The highest BCUT2D eigenvalue weighted by Gasteiger charge is 2.43. The Morgan fingerprint density at radius 2 is 1.59 bits per heavy atom. The molecule has 1 unspecified atom stereocenters. The molecule has 2 N–H and O–H groups in total. The summed E-state index contributed by atoms with van der Waals surface area (Å²) in [6, 6.07) is 18.3. The number of hydrogen-bond donors (Lipinski definition) is 2. The largest absolute Gasteiger partial charge is 0.586 e. The van der Waals surface area contributed by atoms with Crippen molar-refractivity contribution in [1.29, 1.82) is 0 Å². The first-order chi connectivity index (χ1) is 16.3.